The second-order valence-corrected chi connectivity index (χ2v) is 6.22. The smallest absolute Gasteiger partial charge is 0.226 e. The maximum absolute atomic E-state index is 12.7. The van der Waals surface area contributed by atoms with Crippen LogP contribution in [0, 0.1) is 11.8 Å². The van der Waals surface area contributed by atoms with Crippen molar-refractivity contribution in [3.05, 3.63) is 0 Å². The lowest BCUT2D eigenvalue weighted by atomic mass is 9.77. The van der Waals surface area contributed by atoms with Crippen LogP contribution in [0.1, 0.15) is 58.8 Å². The Bertz CT molecular complexity index is 282. The third-order valence-corrected chi connectivity index (χ3v) is 4.94. The molecule has 2 fully saturated rings. The van der Waals surface area contributed by atoms with Crippen LogP contribution in [0.2, 0.25) is 0 Å². The Hall–Kier alpha value is -0.570. The Kier molecular flexibility index (Phi) is 4.66. The topological polar surface area (TPSA) is 46.3 Å². The summed E-state index contributed by atoms with van der Waals surface area (Å²) >= 11 is 0. The maximum atomic E-state index is 12.7. The molecule has 0 heterocycles. The highest BCUT2D eigenvalue weighted by Crippen LogP contribution is 2.33. The molecule has 2 aliphatic rings. The zero-order chi connectivity index (χ0) is 13.1. The molecule has 0 aromatic heterocycles. The number of nitrogens with two attached hydrogens (primary N) is 1. The van der Waals surface area contributed by atoms with Crippen molar-refractivity contribution < 1.29 is 4.79 Å². The van der Waals surface area contributed by atoms with E-state index in [-0.39, 0.29) is 12.0 Å². The molecule has 0 aromatic rings. The molecule has 2 rings (SSSR count). The van der Waals surface area contributed by atoms with Gasteiger partial charge in [0.1, 0.15) is 0 Å². The second-order valence-electron chi connectivity index (χ2n) is 6.22. The van der Waals surface area contributed by atoms with E-state index in [1.807, 2.05) is 0 Å². The zero-order valence-corrected chi connectivity index (χ0v) is 11.9. The first kappa shape index (κ1) is 13.9. The summed E-state index contributed by atoms with van der Waals surface area (Å²) in [5.74, 6) is 1.06. The fourth-order valence-electron chi connectivity index (χ4n) is 3.72. The molecule has 18 heavy (non-hydrogen) atoms. The van der Waals surface area contributed by atoms with E-state index in [1.54, 1.807) is 0 Å². The van der Waals surface area contributed by atoms with Gasteiger partial charge in [0.15, 0.2) is 0 Å². The van der Waals surface area contributed by atoms with E-state index in [0.717, 1.165) is 25.8 Å². The molecule has 104 valence electrons. The summed E-state index contributed by atoms with van der Waals surface area (Å²) in [4.78, 5) is 14.9. The van der Waals surface area contributed by atoms with Crippen molar-refractivity contribution in [3.63, 3.8) is 0 Å². The molecule has 0 spiro atoms. The molecule has 3 heteroatoms. The Balaban J connectivity index is 2.02. The number of rotatable bonds is 3. The molecule has 2 saturated carbocycles. The highest BCUT2D eigenvalue weighted by molar-refractivity contribution is 5.79. The van der Waals surface area contributed by atoms with E-state index < -0.39 is 0 Å². The normalized spacial score (nSPS) is 33.6. The number of carbonyl (C=O) groups excluding carboxylic acids is 1. The minimum atomic E-state index is 0.175. The van der Waals surface area contributed by atoms with Gasteiger partial charge in [-0.1, -0.05) is 19.8 Å². The van der Waals surface area contributed by atoms with Gasteiger partial charge in [0.25, 0.3) is 0 Å². The first-order valence-corrected chi connectivity index (χ1v) is 7.69. The van der Waals surface area contributed by atoms with Crippen molar-refractivity contribution in [2.75, 3.05) is 6.54 Å². The summed E-state index contributed by atoms with van der Waals surface area (Å²) in [6.45, 7) is 5.20. The fourth-order valence-corrected chi connectivity index (χ4v) is 3.72. The third-order valence-electron chi connectivity index (χ3n) is 4.94. The molecule has 0 radical (unpaired) electrons. The van der Waals surface area contributed by atoms with Crippen LogP contribution in [0.4, 0.5) is 0 Å². The summed E-state index contributed by atoms with van der Waals surface area (Å²) in [5.41, 5.74) is 6.05. The molecule has 0 bridgehead atoms. The zero-order valence-electron chi connectivity index (χ0n) is 11.9. The molecule has 3 atom stereocenters. The summed E-state index contributed by atoms with van der Waals surface area (Å²) in [7, 11) is 0. The van der Waals surface area contributed by atoms with E-state index >= 15 is 0 Å². The number of hydrogen-bond acceptors (Lipinski definition) is 2. The average Bonchev–Trinajstić information content (AvgIpc) is 2.87. The molecule has 2 aliphatic carbocycles. The predicted octanol–water partition coefficient (Wildman–Crippen LogP) is 2.54. The van der Waals surface area contributed by atoms with Crippen LogP contribution in [0.25, 0.3) is 0 Å². The number of carbonyl (C=O) groups is 1. The van der Waals surface area contributed by atoms with E-state index in [1.165, 1.54) is 25.7 Å². The molecule has 1 amide bonds. The van der Waals surface area contributed by atoms with E-state index in [9.17, 15) is 4.79 Å². The number of amides is 1. The Labute approximate surface area is 111 Å². The lowest BCUT2D eigenvalue weighted by Crippen LogP contribution is -2.47. The van der Waals surface area contributed by atoms with Gasteiger partial charge in [0.05, 0.1) is 0 Å². The van der Waals surface area contributed by atoms with Crippen molar-refractivity contribution in [1.29, 1.82) is 0 Å². The van der Waals surface area contributed by atoms with Crippen LogP contribution in [-0.4, -0.2) is 29.4 Å². The molecule has 3 unspecified atom stereocenters. The van der Waals surface area contributed by atoms with Gasteiger partial charge in [-0.2, -0.15) is 0 Å². The number of nitrogens with zero attached hydrogens (tertiary/aromatic N) is 1. The summed E-state index contributed by atoms with van der Waals surface area (Å²) in [6, 6.07) is 0.741. The molecule has 2 N–H and O–H groups in total. The van der Waals surface area contributed by atoms with Crippen LogP contribution in [0.15, 0.2) is 0 Å². The lowest BCUT2D eigenvalue weighted by molar-refractivity contribution is -0.140. The van der Waals surface area contributed by atoms with Gasteiger partial charge in [-0.05, 0) is 44.9 Å². The van der Waals surface area contributed by atoms with Crippen LogP contribution >= 0.6 is 0 Å². The summed E-state index contributed by atoms with van der Waals surface area (Å²) in [5, 5.41) is 0. The average molecular weight is 252 g/mol. The monoisotopic (exact) mass is 252 g/mol. The summed E-state index contributed by atoms with van der Waals surface area (Å²) < 4.78 is 0. The van der Waals surface area contributed by atoms with Gasteiger partial charge in [0, 0.05) is 24.5 Å². The SMILES string of the molecule is CCN(C(=O)C1CC(N)CCC1C)C1CCCC1. The predicted molar refractivity (Wildman–Crippen MR) is 74.1 cm³/mol. The lowest BCUT2D eigenvalue weighted by Gasteiger charge is -2.37. The van der Waals surface area contributed by atoms with Crippen molar-refractivity contribution in [2.45, 2.75) is 70.9 Å². The molecule has 0 aromatic carbocycles. The third kappa shape index (κ3) is 2.87. The first-order valence-electron chi connectivity index (χ1n) is 7.69. The standard InChI is InChI=1S/C15H28N2O/c1-3-17(13-6-4-5-7-13)15(18)14-10-12(16)9-8-11(14)2/h11-14H,3-10,16H2,1-2H3. The largest absolute Gasteiger partial charge is 0.340 e. The van der Waals surface area contributed by atoms with Crippen LogP contribution < -0.4 is 5.73 Å². The van der Waals surface area contributed by atoms with Gasteiger partial charge in [0.2, 0.25) is 5.91 Å². The molecular weight excluding hydrogens is 224 g/mol. The first-order chi connectivity index (χ1) is 8.63. The van der Waals surface area contributed by atoms with Crippen molar-refractivity contribution in [2.24, 2.45) is 17.6 Å². The molecule has 0 saturated heterocycles. The van der Waals surface area contributed by atoms with Gasteiger partial charge in [-0.3, -0.25) is 4.79 Å². The van der Waals surface area contributed by atoms with Crippen LogP contribution in [0.3, 0.4) is 0 Å². The molecular formula is C15H28N2O. The van der Waals surface area contributed by atoms with Crippen molar-refractivity contribution in [3.8, 4) is 0 Å². The van der Waals surface area contributed by atoms with Crippen molar-refractivity contribution in [1.82, 2.24) is 4.90 Å². The maximum Gasteiger partial charge on any atom is 0.226 e. The molecule has 3 nitrogen and oxygen atoms in total. The minimum Gasteiger partial charge on any atom is -0.340 e. The number of hydrogen-bond donors (Lipinski definition) is 1. The van der Waals surface area contributed by atoms with E-state index in [2.05, 4.69) is 18.7 Å². The van der Waals surface area contributed by atoms with Crippen LogP contribution in [0.5, 0.6) is 0 Å². The van der Waals surface area contributed by atoms with Crippen LogP contribution in [-0.2, 0) is 4.79 Å². The van der Waals surface area contributed by atoms with Gasteiger partial charge < -0.3 is 10.6 Å². The Morgan fingerprint density at radius 3 is 2.50 bits per heavy atom. The highest BCUT2D eigenvalue weighted by Gasteiger charge is 2.36. The quantitative estimate of drug-likeness (QED) is 0.839. The van der Waals surface area contributed by atoms with Gasteiger partial charge >= 0.3 is 0 Å². The van der Waals surface area contributed by atoms with E-state index in [0.29, 0.717) is 17.9 Å². The highest BCUT2D eigenvalue weighted by atomic mass is 16.2. The van der Waals surface area contributed by atoms with E-state index in [4.69, 9.17) is 5.73 Å². The minimum absolute atomic E-state index is 0.175. The fraction of sp³-hybridized carbons (Fsp3) is 0.933. The summed E-state index contributed by atoms with van der Waals surface area (Å²) in [6.07, 6.45) is 8.06. The Morgan fingerprint density at radius 2 is 1.89 bits per heavy atom. The Morgan fingerprint density at radius 1 is 1.22 bits per heavy atom. The van der Waals surface area contributed by atoms with Gasteiger partial charge in [-0.15, -0.1) is 0 Å². The van der Waals surface area contributed by atoms with Crippen molar-refractivity contribution >= 4 is 5.91 Å². The molecule has 0 aliphatic heterocycles. The second kappa shape index (κ2) is 6.05. The van der Waals surface area contributed by atoms with Gasteiger partial charge in [-0.25, -0.2) is 0 Å².